The Morgan fingerprint density at radius 2 is 1.88 bits per heavy atom. The van der Waals surface area contributed by atoms with Crippen molar-refractivity contribution >= 4 is 29.2 Å². The number of anilines is 1. The summed E-state index contributed by atoms with van der Waals surface area (Å²) in [5, 5.41) is 12.1. The maximum atomic E-state index is 12.5. The number of hydrogen-bond donors (Lipinski definition) is 2. The van der Waals surface area contributed by atoms with Crippen LogP contribution in [0.15, 0.2) is 48.5 Å². The van der Waals surface area contributed by atoms with Gasteiger partial charge in [0.15, 0.2) is 5.60 Å². The molecule has 2 aromatic carbocycles. The highest BCUT2D eigenvalue weighted by Crippen LogP contribution is 2.23. The quantitative estimate of drug-likeness (QED) is 0.776. The zero-order valence-corrected chi connectivity index (χ0v) is 14.8. The van der Waals surface area contributed by atoms with E-state index in [-0.39, 0.29) is 12.3 Å². The van der Waals surface area contributed by atoms with Crippen LogP contribution in [0.25, 0.3) is 0 Å². The van der Waals surface area contributed by atoms with E-state index in [4.69, 9.17) is 21.4 Å². The molecule has 0 aliphatic heterocycles. The SMILES string of the molecule is CC(C)(Oc1cccc(Cl)c1)C(=O)Nc1cccc(CCC(=O)O)c1. The summed E-state index contributed by atoms with van der Waals surface area (Å²) in [6, 6.07) is 14.0. The molecule has 0 spiro atoms. The Morgan fingerprint density at radius 3 is 2.56 bits per heavy atom. The summed E-state index contributed by atoms with van der Waals surface area (Å²) in [6.07, 6.45) is 0.447. The highest BCUT2D eigenvalue weighted by Gasteiger charge is 2.30. The first kappa shape index (κ1) is 18.8. The molecule has 6 heteroatoms. The zero-order chi connectivity index (χ0) is 18.4. The molecule has 25 heavy (non-hydrogen) atoms. The van der Waals surface area contributed by atoms with Gasteiger partial charge in [-0.3, -0.25) is 9.59 Å². The summed E-state index contributed by atoms with van der Waals surface area (Å²) >= 11 is 5.93. The van der Waals surface area contributed by atoms with Gasteiger partial charge < -0.3 is 15.2 Å². The summed E-state index contributed by atoms with van der Waals surface area (Å²) in [4.78, 5) is 23.2. The second kappa shape index (κ2) is 8.03. The molecule has 2 rings (SSSR count). The Hall–Kier alpha value is -2.53. The number of rotatable bonds is 7. The summed E-state index contributed by atoms with van der Waals surface area (Å²) < 4.78 is 5.75. The van der Waals surface area contributed by atoms with Crippen molar-refractivity contribution in [2.45, 2.75) is 32.3 Å². The third-order valence-corrected chi connectivity index (χ3v) is 3.76. The third kappa shape index (κ3) is 5.80. The summed E-state index contributed by atoms with van der Waals surface area (Å²) in [5.41, 5.74) is 0.325. The molecule has 5 nitrogen and oxygen atoms in total. The lowest BCUT2D eigenvalue weighted by Crippen LogP contribution is -2.42. The van der Waals surface area contributed by atoms with Gasteiger partial charge in [0, 0.05) is 17.1 Å². The fraction of sp³-hybridized carbons (Fsp3) is 0.263. The predicted octanol–water partition coefficient (Wildman–Crippen LogP) is 4.15. The zero-order valence-electron chi connectivity index (χ0n) is 14.1. The topological polar surface area (TPSA) is 75.6 Å². The van der Waals surface area contributed by atoms with Crippen LogP contribution in [0, 0.1) is 0 Å². The first-order valence-corrected chi connectivity index (χ1v) is 8.21. The standard InChI is InChI=1S/C19H20ClNO4/c1-19(2,25-16-8-4-6-14(20)12-16)18(24)21-15-7-3-5-13(11-15)9-10-17(22)23/h3-8,11-12H,9-10H2,1-2H3,(H,21,24)(H,22,23). The first-order chi connectivity index (χ1) is 11.8. The molecule has 0 aromatic heterocycles. The van der Waals surface area contributed by atoms with Crippen molar-refractivity contribution in [3.05, 3.63) is 59.1 Å². The molecule has 2 N–H and O–H groups in total. The lowest BCUT2D eigenvalue weighted by Gasteiger charge is -2.25. The molecule has 0 heterocycles. The molecule has 0 atom stereocenters. The number of aliphatic carboxylic acids is 1. The maximum absolute atomic E-state index is 12.5. The van der Waals surface area contributed by atoms with E-state index in [9.17, 15) is 9.59 Å². The molecule has 1 amide bonds. The molecule has 2 aromatic rings. The lowest BCUT2D eigenvalue weighted by molar-refractivity contribution is -0.137. The number of ether oxygens (including phenoxy) is 1. The molecule has 0 unspecified atom stereocenters. The smallest absolute Gasteiger partial charge is 0.303 e. The van der Waals surface area contributed by atoms with E-state index in [1.807, 2.05) is 6.07 Å². The Bertz CT molecular complexity index is 774. The minimum absolute atomic E-state index is 0.0424. The van der Waals surface area contributed by atoms with Crippen molar-refractivity contribution in [2.75, 3.05) is 5.32 Å². The van der Waals surface area contributed by atoms with Gasteiger partial charge in [0.1, 0.15) is 5.75 Å². The number of amides is 1. The van der Waals surface area contributed by atoms with Crippen molar-refractivity contribution in [1.82, 2.24) is 0 Å². The van der Waals surface area contributed by atoms with Crippen molar-refractivity contribution in [3.8, 4) is 5.75 Å². The van der Waals surface area contributed by atoms with Crippen LogP contribution in [0.2, 0.25) is 5.02 Å². The van der Waals surface area contributed by atoms with Gasteiger partial charge in [0.2, 0.25) is 0 Å². The Labute approximate surface area is 151 Å². The monoisotopic (exact) mass is 361 g/mol. The van der Waals surface area contributed by atoms with Gasteiger partial charge in [-0.2, -0.15) is 0 Å². The van der Waals surface area contributed by atoms with E-state index in [1.54, 1.807) is 56.3 Å². The van der Waals surface area contributed by atoms with E-state index < -0.39 is 11.6 Å². The number of carbonyl (C=O) groups excluding carboxylic acids is 1. The van der Waals surface area contributed by atoms with Gasteiger partial charge in [-0.05, 0) is 56.2 Å². The number of carboxylic acid groups (broad SMARTS) is 1. The molecule has 0 bridgehead atoms. The predicted molar refractivity (Wildman–Crippen MR) is 97.2 cm³/mol. The number of aryl methyl sites for hydroxylation is 1. The molecular formula is C19H20ClNO4. The number of hydrogen-bond acceptors (Lipinski definition) is 3. The maximum Gasteiger partial charge on any atom is 0.303 e. The van der Waals surface area contributed by atoms with Crippen molar-refractivity contribution in [2.24, 2.45) is 0 Å². The van der Waals surface area contributed by atoms with E-state index in [0.717, 1.165) is 5.56 Å². The number of carboxylic acids is 1. The molecule has 0 saturated heterocycles. The summed E-state index contributed by atoms with van der Waals surface area (Å²) in [6.45, 7) is 3.33. The molecule has 0 aliphatic carbocycles. The van der Waals surface area contributed by atoms with Crippen LogP contribution >= 0.6 is 11.6 Å². The van der Waals surface area contributed by atoms with E-state index in [0.29, 0.717) is 22.9 Å². The Morgan fingerprint density at radius 1 is 1.16 bits per heavy atom. The third-order valence-electron chi connectivity index (χ3n) is 3.53. The molecule has 0 aliphatic rings. The van der Waals surface area contributed by atoms with Crippen LogP contribution in [0.4, 0.5) is 5.69 Å². The normalized spacial score (nSPS) is 11.0. The van der Waals surface area contributed by atoms with Crippen LogP contribution in [-0.4, -0.2) is 22.6 Å². The van der Waals surface area contributed by atoms with E-state index in [1.165, 1.54) is 0 Å². The molecule has 0 fully saturated rings. The second-order valence-electron chi connectivity index (χ2n) is 6.12. The van der Waals surface area contributed by atoms with Crippen LogP contribution in [-0.2, 0) is 16.0 Å². The highest BCUT2D eigenvalue weighted by atomic mass is 35.5. The fourth-order valence-corrected chi connectivity index (χ4v) is 2.39. The van der Waals surface area contributed by atoms with Gasteiger partial charge in [0.25, 0.3) is 5.91 Å². The van der Waals surface area contributed by atoms with Gasteiger partial charge in [-0.25, -0.2) is 0 Å². The minimum atomic E-state index is -1.11. The van der Waals surface area contributed by atoms with Crippen molar-refractivity contribution in [1.29, 1.82) is 0 Å². The summed E-state index contributed by atoms with van der Waals surface area (Å²) in [5.74, 6) is -0.670. The lowest BCUT2D eigenvalue weighted by atomic mass is 10.1. The molecule has 0 saturated carbocycles. The van der Waals surface area contributed by atoms with Gasteiger partial charge >= 0.3 is 5.97 Å². The van der Waals surface area contributed by atoms with Gasteiger partial charge in [-0.15, -0.1) is 0 Å². The van der Waals surface area contributed by atoms with Crippen molar-refractivity contribution in [3.63, 3.8) is 0 Å². The van der Waals surface area contributed by atoms with Gasteiger partial charge in [0.05, 0.1) is 0 Å². The van der Waals surface area contributed by atoms with Crippen LogP contribution in [0.3, 0.4) is 0 Å². The fourth-order valence-electron chi connectivity index (χ4n) is 2.21. The Kier molecular flexibility index (Phi) is 6.04. The molecule has 132 valence electrons. The average molecular weight is 362 g/mol. The number of benzene rings is 2. The summed E-state index contributed by atoms with van der Waals surface area (Å²) in [7, 11) is 0. The number of carbonyl (C=O) groups is 2. The number of halogens is 1. The molecule has 0 radical (unpaired) electrons. The number of nitrogens with one attached hydrogen (secondary N) is 1. The average Bonchev–Trinajstić information content (AvgIpc) is 2.53. The second-order valence-corrected chi connectivity index (χ2v) is 6.55. The van der Waals surface area contributed by atoms with E-state index in [2.05, 4.69) is 5.32 Å². The Balaban J connectivity index is 2.04. The minimum Gasteiger partial charge on any atom is -0.481 e. The highest BCUT2D eigenvalue weighted by molar-refractivity contribution is 6.30. The van der Waals surface area contributed by atoms with E-state index >= 15 is 0 Å². The first-order valence-electron chi connectivity index (χ1n) is 7.83. The van der Waals surface area contributed by atoms with Crippen LogP contribution < -0.4 is 10.1 Å². The van der Waals surface area contributed by atoms with Crippen LogP contribution in [0.5, 0.6) is 5.75 Å². The molecular weight excluding hydrogens is 342 g/mol. The van der Waals surface area contributed by atoms with Gasteiger partial charge in [-0.1, -0.05) is 29.8 Å². The van der Waals surface area contributed by atoms with Crippen LogP contribution in [0.1, 0.15) is 25.8 Å². The van der Waals surface area contributed by atoms with Crippen molar-refractivity contribution < 1.29 is 19.4 Å². The largest absolute Gasteiger partial charge is 0.481 e.